The van der Waals surface area contributed by atoms with Crippen molar-refractivity contribution < 1.29 is 0 Å². The van der Waals surface area contributed by atoms with Crippen LogP contribution in [0.25, 0.3) is 0 Å². The first kappa shape index (κ1) is 9.97. The molecule has 0 aromatic carbocycles. The third-order valence-electron chi connectivity index (χ3n) is 1.65. The molecule has 0 heterocycles. The second-order valence-corrected chi connectivity index (χ2v) is 2.39. The molecule has 0 radical (unpaired) electrons. The topological polar surface area (TPSA) is 12.4 Å². The van der Waals surface area contributed by atoms with Crippen LogP contribution < -0.4 is 0 Å². The molecule has 1 nitrogen and oxygen atoms in total. The maximum atomic E-state index is 5.28. The molecule has 0 amide bonds. The van der Waals surface area contributed by atoms with Crippen molar-refractivity contribution in [3.05, 3.63) is 11.6 Å². The van der Waals surface area contributed by atoms with Crippen molar-refractivity contribution >= 4 is 6.21 Å². The molecule has 1 unspecified atom stereocenters. The second kappa shape index (κ2) is 5.73. The van der Waals surface area contributed by atoms with E-state index >= 15 is 0 Å². The van der Waals surface area contributed by atoms with Crippen molar-refractivity contribution in [3.8, 4) is 12.3 Å². The quantitative estimate of drug-likeness (QED) is 0.431. The largest absolute Gasteiger partial charge is 0.297 e. The van der Waals surface area contributed by atoms with Crippen molar-refractivity contribution in [1.82, 2.24) is 0 Å². The van der Waals surface area contributed by atoms with E-state index in [1.54, 1.807) is 13.3 Å². The first-order chi connectivity index (χ1) is 5.26. The molecule has 0 saturated carbocycles. The molecule has 1 heteroatoms. The Kier molecular flexibility index (Phi) is 5.20. The lowest BCUT2D eigenvalue weighted by atomic mass is 10.00. The van der Waals surface area contributed by atoms with E-state index in [1.165, 1.54) is 5.57 Å². The zero-order valence-corrected chi connectivity index (χ0v) is 7.46. The summed E-state index contributed by atoms with van der Waals surface area (Å²) in [5.74, 6) is 2.93. The third-order valence-corrected chi connectivity index (χ3v) is 1.65. The summed E-state index contributed by atoms with van der Waals surface area (Å²) in [4.78, 5) is 3.87. The van der Waals surface area contributed by atoms with Gasteiger partial charge < -0.3 is 0 Å². The number of rotatable bonds is 3. The van der Waals surface area contributed by atoms with E-state index in [9.17, 15) is 0 Å². The smallest absolute Gasteiger partial charge is 0.0384 e. The van der Waals surface area contributed by atoms with Gasteiger partial charge in [-0.2, -0.15) is 0 Å². The zero-order valence-electron chi connectivity index (χ0n) is 7.46. The van der Waals surface area contributed by atoms with Gasteiger partial charge in [0.2, 0.25) is 0 Å². The van der Waals surface area contributed by atoms with E-state index in [2.05, 4.69) is 17.8 Å². The van der Waals surface area contributed by atoms with E-state index in [-0.39, 0.29) is 5.92 Å². The first-order valence-electron chi connectivity index (χ1n) is 3.83. The van der Waals surface area contributed by atoms with Crippen LogP contribution in [0, 0.1) is 18.3 Å². The van der Waals surface area contributed by atoms with Crippen LogP contribution in [0.1, 0.15) is 20.3 Å². The first-order valence-corrected chi connectivity index (χ1v) is 3.83. The highest BCUT2D eigenvalue weighted by molar-refractivity contribution is 5.72. The second-order valence-electron chi connectivity index (χ2n) is 2.39. The Hall–Kier alpha value is -1.03. The van der Waals surface area contributed by atoms with E-state index in [1.807, 2.05) is 13.0 Å². The summed E-state index contributed by atoms with van der Waals surface area (Å²) in [6.45, 7) is 4.13. The molecule has 0 spiro atoms. The molecule has 0 aliphatic carbocycles. The number of allylic oxidation sites excluding steroid dienone is 2. The van der Waals surface area contributed by atoms with E-state index in [4.69, 9.17) is 6.42 Å². The van der Waals surface area contributed by atoms with Gasteiger partial charge >= 0.3 is 0 Å². The summed E-state index contributed by atoms with van der Waals surface area (Å²) >= 11 is 0. The molecular weight excluding hydrogens is 134 g/mol. The predicted molar refractivity (Wildman–Crippen MR) is 50.8 cm³/mol. The fourth-order valence-corrected chi connectivity index (χ4v) is 0.846. The number of hydrogen-bond donors (Lipinski definition) is 0. The molecule has 0 bridgehead atoms. The van der Waals surface area contributed by atoms with Gasteiger partial charge in [-0.3, -0.25) is 4.99 Å². The van der Waals surface area contributed by atoms with E-state index < -0.39 is 0 Å². The Labute approximate surface area is 69.2 Å². The minimum absolute atomic E-state index is 0.234. The van der Waals surface area contributed by atoms with Gasteiger partial charge in [0.1, 0.15) is 0 Å². The average Bonchev–Trinajstić information content (AvgIpc) is 2.05. The van der Waals surface area contributed by atoms with Crippen LogP contribution in [0.5, 0.6) is 0 Å². The van der Waals surface area contributed by atoms with Gasteiger partial charge in [0.15, 0.2) is 0 Å². The fourth-order valence-electron chi connectivity index (χ4n) is 0.846. The summed E-state index contributed by atoms with van der Waals surface area (Å²) < 4.78 is 0. The van der Waals surface area contributed by atoms with Crippen LogP contribution in [0.15, 0.2) is 16.6 Å². The van der Waals surface area contributed by atoms with Crippen LogP contribution >= 0.6 is 0 Å². The highest BCUT2D eigenvalue weighted by atomic mass is 14.6. The number of hydrogen-bond acceptors (Lipinski definition) is 1. The molecular formula is C10H15N. The lowest BCUT2D eigenvalue weighted by molar-refractivity contribution is 0.839. The predicted octanol–water partition coefficient (Wildman–Crippen LogP) is 2.29. The highest BCUT2D eigenvalue weighted by Gasteiger charge is 2.00. The Morgan fingerprint density at radius 2 is 2.36 bits per heavy atom. The molecule has 0 fully saturated rings. The molecule has 0 aromatic rings. The lowest BCUT2D eigenvalue weighted by Gasteiger charge is -2.05. The Balaban J connectivity index is 4.29. The number of nitrogens with zero attached hydrogens (tertiary/aromatic N) is 1. The molecule has 60 valence electrons. The van der Waals surface area contributed by atoms with Gasteiger partial charge in [-0.15, -0.1) is 6.42 Å². The molecule has 0 aliphatic rings. The third kappa shape index (κ3) is 3.62. The van der Waals surface area contributed by atoms with Crippen molar-refractivity contribution in [2.24, 2.45) is 10.9 Å². The molecule has 0 N–H and O–H groups in total. The van der Waals surface area contributed by atoms with Crippen molar-refractivity contribution in [3.63, 3.8) is 0 Å². The SMILES string of the molecule is C#CC(C)/C(=C\C=NC)CC. The van der Waals surface area contributed by atoms with Crippen LogP contribution in [0.4, 0.5) is 0 Å². The number of aliphatic imine (C=N–C) groups is 1. The summed E-state index contributed by atoms with van der Waals surface area (Å²) in [5.41, 5.74) is 1.26. The van der Waals surface area contributed by atoms with Crippen molar-refractivity contribution in [2.45, 2.75) is 20.3 Å². The van der Waals surface area contributed by atoms with Gasteiger partial charge in [-0.05, 0) is 19.4 Å². The lowest BCUT2D eigenvalue weighted by Crippen LogP contribution is -1.94. The molecule has 0 rings (SSSR count). The van der Waals surface area contributed by atoms with Gasteiger partial charge in [-0.1, -0.05) is 18.4 Å². The standard InChI is InChI=1S/C10H15N/c1-5-9(3)10(6-2)7-8-11-4/h1,7-9H,6H2,2-4H3/b10-7-,11-8?. The highest BCUT2D eigenvalue weighted by Crippen LogP contribution is 2.11. The Bertz CT molecular complexity index is 193. The fraction of sp³-hybridized carbons (Fsp3) is 0.500. The minimum atomic E-state index is 0.234. The average molecular weight is 149 g/mol. The molecule has 0 aliphatic heterocycles. The van der Waals surface area contributed by atoms with Crippen LogP contribution in [-0.4, -0.2) is 13.3 Å². The Morgan fingerprint density at radius 3 is 2.73 bits per heavy atom. The summed E-state index contributed by atoms with van der Waals surface area (Å²) in [5, 5.41) is 0. The Morgan fingerprint density at radius 1 is 1.73 bits per heavy atom. The van der Waals surface area contributed by atoms with Gasteiger partial charge in [0, 0.05) is 19.2 Å². The molecule has 0 aromatic heterocycles. The summed E-state index contributed by atoms with van der Waals surface area (Å²) in [6.07, 6.45) is 10.1. The zero-order chi connectivity index (χ0) is 8.69. The molecule has 1 atom stereocenters. The normalized spacial score (nSPS) is 14.9. The van der Waals surface area contributed by atoms with Crippen LogP contribution in [0.3, 0.4) is 0 Å². The maximum absolute atomic E-state index is 5.28. The maximum Gasteiger partial charge on any atom is 0.0384 e. The van der Waals surface area contributed by atoms with Gasteiger partial charge in [0.05, 0.1) is 0 Å². The molecule has 11 heavy (non-hydrogen) atoms. The van der Waals surface area contributed by atoms with Crippen molar-refractivity contribution in [2.75, 3.05) is 7.05 Å². The van der Waals surface area contributed by atoms with E-state index in [0.29, 0.717) is 0 Å². The summed E-state index contributed by atoms with van der Waals surface area (Å²) in [7, 11) is 1.75. The van der Waals surface area contributed by atoms with Gasteiger partial charge in [-0.25, -0.2) is 0 Å². The van der Waals surface area contributed by atoms with Crippen LogP contribution in [-0.2, 0) is 0 Å². The molecule has 0 saturated heterocycles. The van der Waals surface area contributed by atoms with E-state index in [0.717, 1.165) is 6.42 Å². The van der Waals surface area contributed by atoms with Gasteiger partial charge in [0.25, 0.3) is 0 Å². The van der Waals surface area contributed by atoms with Crippen LogP contribution in [0.2, 0.25) is 0 Å². The number of terminal acetylenes is 1. The van der Waals surface area contributed by atoms with Crippen molar-refractivity contribution in [1.29, 1.82) is 0 Å². The summed E-state index contributed by atoms with van der Waals surface area (Å²) in [6, 6.07) is 0. The monoisotopic (exact) mass is 149 g/mol. The minimum Gasteiger partial charge on any atom is -0.297 e.